The topological polar surface area (TPSA) is 55.4 Å². The Labute approximate surface area is 154 Å². The van der Waals surface area contributed by atoms with E-state index in [9.17, 15) is 14.0 Å². The van der Waals surface area contributed by atoms with Gasteiger partial charge in [0.25, 0.3) is 5.91 Å². The van der Waals surface area contributed by atoms with E-state index in [1.807, 2.05) is 0 Å². The number of ether oxygens (including phenoxy) is 1. The third kappa shape index (κ3) is 4.08. The Morgan fingerprint density at radius 3 is 2.62 bits per heavy atom. The Hall–Kier alpha value is -1.91. The molecule has 2 aliphatic rings. The van der Waals surface area contributed by atoms with Gasteiger partial charge in [-0.1, -0.05) is 44.7 Å². The largest absolute Gasteiger partial charge is 0.455 e. The van der Waals surface area contributed by atoms with Gasteiger partial charge >= 0.3 is 5.97 Å². The molecule has 2 atom stereocenters. The van der Waals surface area contributed by atoms with Crippen molar-refractivity contribution in [1.82, 2.24) is 5.32 Å². The van der Waals surface area contributed by atoms with Crippen LogP contribution in [0.1, 0.15) is 63.9 Å². The first-order chi connectivity index (χ1) is 12.5. The van der Waals surface area contributed by atoms with Crippen molar-refractivity contribution in [3.63, 3.8) is 0 Å². The van der Waals surface area contributed by atoms with Gasteiger partial charge in [0.15, 0.2) is 6.61 Å². The van der Waals surface area contributed by atoms with Gasteiger partial charge < -0.3 is 10.1 Å². The van der Waals surface area contributed by atoms with Gasteiger partial charge in [-0.2, -0.15) is 0 Å². The first kappa shape index (κ1) is 18.9. The first-order valence-electron chi connectivity index (χ1n) is 9.74. The molecule has 1 aromatic rings. The SMILES string of the molecule is CC1CCCCC1NC(=O)COC(=O)C1(c2cccc(F)c2)CCCC1. The molecule has 1 amide bonds. The van der Waals surface area contributed by atoms with E-state index in [1.165, 1.54) is 18.6 Å². The van der Waals surface area contributed by atoms with Crippen LogP contribution in [-0.2, 0) is 19.7 Å². The van der Waals surface area contributed by atoms with Crippen molar-refractivity contribution in [2.45, 2.75) is 69.7 Å². The molecule has 0 bridgehead atoms. The maximum Gasteiger partial charge on any atom is 0.317 e. The lowest BCUT2D eigenvalue weighted by atomic mass is 9.79. The zero-order valence-electron chi connectivity index (χ0n) is 15.4. The van der Waals surface area contributed by atoms with Crippen LogP contribution in [0.15, 0.2) is 24.3 Å². The summed E-state index contributed by atoms with van der Waals surface area (Å²) in [5.41, 5.74) is -0.165. The fourth-order valence-corrected chi connectivity index (χ4v) is 4.42. The fraction of sp³-hybridized carbons (Fsp3) is 0.619. The quantitative estimate of drug-likeness (QED) is 0.810. The molecular weight excluding hydrogens is 333 g/mol. The zero-order chi connectivity index (χ0) is 18.6. The highest BCUT2D eigenvalue weighted by Gasteiger charge is 2.44. The predicted molar refractivity (Wildman–Crippen MR) is 97.1 cm³/mol. The van der Waals surface area contributed by atoms with E-state index in [2.05, 4.69) is 12.2 Å². The number of rotatable bonds is 5. The van der Waals surface area contributed by atoms with E-state index >= 15 is 0 Å². The molecule has 5 heteroatoms. The lowest BCUT2D eigenvalue weighted by Gasteiger charge is -2.30. The summed E-state index contributed by atoms with van der Waals surface area (Å²) in [6.45, 7) is 1.88. The maximum absolute atomic E-state index is 13.6. The molecule has 2 unspecified atom stereocenters. The van der Waals surface area contributed by atoms with Crippen molar-refractivity contribution in [2.75, 3.05) is 6.61 Å². The van der Waals surface area contributed by atoms with E-state index in [0.717, 1.165) is 32.1 Å². The van der Waals surface area contributed by atoms with Crippen molar-refractivity contribution < 1.29 is 18.7 Å². The summed E-state index contributed by atoms with van der Waals surface area (Å²) in [4.78, 5) is 25.0. The van der Waals surface area contributed by atoms with Crippen LogP contribution in [0, 0.1) is 11.7 Å². The summed E-state index contributed by atoms with van der Waals surface area (Å²) in [6, 6.07) is 6.35. The molecule has 4 nitrogen and oxygen atoms in total. The molecule has 1 N–H and O–H groups in total. The van der Waals surface area contributed by atoms with Gasteiger partial charge in [-0.15, -0.1) is 0 Å². The Morgan fingerprint density at radius 2 is 1.92 bits per heavy atom. The monoisotopic (exact) mass is 361 g/mol. The average molecular weight is 361 g/mol. The number of carbonyl (C=O) groups excluding carboxylic acids is 2. The van der Waals surface area contributed by atoms with Crippen molar-refractivity contribution in [2.24, 2.45) is 5.92 Å². The van der Waals surface area contributed by atoms with Crippen LogP contribution in [0.4, 0.5) is 4.39 Å². The van der Waals surface area contributed by atoms with Crippen LogP contribution in [0.25, 0.3) is 0 Å². The summed E-state index contributed by atoms with van der Waals surface area (Å²) < 4.78 is 19.0. The smallest absolute Gasteiger partial charge is 0.317 e. The number of halogens is 1. The molecule has 2 saturated carbocycles. The predicted octanol–water partition coefficient (Wildman–Crippen LogP) is 3.88. The number of hydrogen-bond acceptors (Lipinski definition) is 3. The van der Waals surface area contributed by atoms with Crippen LogP contribution in [-0.4, -0.2) is 24.5 Å². The Balaban J connectivity index is 1.61. The van der Waals surface area contributed by atoms with Crippen LogP contribution in [0.5, 0.6) is 0 Å². The number of esters is 1. The van der Waals surface area contributed by atoms with Crippen LogP contribution in [0.3, 0.4) is 0 Å². The molecule has 0 aromatic heterocycles. The molecule has 2 fully saturated rings. The first-order valence-corrected chi connectivity index (χ1v) is 9.74. The normalized spacial score (nSPS) is 24.8. The van der Waals surface area contributed by atoms with Gasteiger partial charge in [0.2, 0.25) is 0 Å². The minimum absolute atomic E-state index is 0.165. The number of amides is 1. The van der Waals surface area contributed by atoms with Gasteiger partial charge in [-0.3, -0.25) is 9.59 Å². The van der Waals surface area contributed by atoms with Crippen LogP contribution >= 0.6 is 0 Å². The van der Waals surface area contributed by atoms with Gasteiger partial charge in [0.05, 0.1) is 5.41 Å². The Morgan fingerprint density at radius 1 is 1.19 bits per heavy atom. The van der Waals surface area contributed by atoms with Crippen LogP contribution < -0.4 is 5.32 Å². The third-order valence-corrected chi connectivity index (χ3v) is 6.02. The van der Waals surface area contributed by atoms with E-state index < -0.39 is 11.4 Å². The Bertz CT molecular complexity index is 654. The third-order valence-electron chi connectivity index (χ3n) is 6.02. The molecule has 2 aliphatic carbocycles. The van der Waals surface area contributed by atoms with Crippen molar-refractivity contribution in [1.29, 1.82) is 0 Å². The van der Waals surface area contributed by atoms with E-state index in [-0.39, 0.29) is 24.4 Å². The summed E-state index contributed by atoms with van der Waals surface area (Å²) in [6.07, 6.45) is 7.50. The maximum atomic E-state index is 13.6. The average Bonchev–Trinajstić information content (AvgIpc) is 3.13. The number of carbonyl (C=O) groups is 2. The summed E-state index contributed by atoms with van der Waals surface area (Å²) >= 11 is 0. The highest BCUT2D eigenvalue weighted by atomic mass is 19.1. The zero-order valence-corrected chi connectivity index (χ0v) is 15.4. The Kier molecular flexibility index (Phi) is 5.94. The molecule has 0 heterocycles. The fourth-order valence-electron chi connectivity index (χ4n) is 4.42. The van der Waals surface area contributed by atoms with Crippen molar-refractivity contribution in [3.8, 4) is 0 Å². The second kappa shape index (κ2) is 8.19. The lowest BCUT2D eigenvalue weighted by molar-refractivity contribution is -0.154. The van der Waals surface area contributed by atoms with Crippen LogP contribution in [0.2, 0.25) is 0 Å². The minimum atomic E-state index is -0.819. The minimum Gasteiger partial charge on any atom is -0.455 e. The van der Waals surface area contributed by atoms with E-state index in [1.54, 1.807) is 12.1 Å². The summed E-state index contributed by atoms with van der Waals surface area (Å²) in [7, 11) is 0. The van der Waals surface area contributed by atoms with Gasteiger partial charge in [0.1, 0.15) is 5.82 Å². The van der Waals surface area contributed by atoms with Crippen molar-refractivity contribution >= 4 is 11.9 Å². The molecule has 0 spiro atoms. The number of benzene rings is 1. The standard InChI is InChI=1S/C21H28FNO3/c1-15-7-2-3-10-18(15)23-19(24)14-26-20(25)21(11-4-5-12-21)16-8-6-9-17(22)13-16/h6,8-9,13,15,18H,2-5,7,10-12,14H2,1H3,(H,23,24). The molecule has 26 heavy (non-hydrogen) atoms. The second-order valence-electron chi connectivity index (χ2n) is 7.81. The number of nitrogens with one attached hydrogen (secondary N) is 1. The van der Waals surface area contributed by atoms with Crippen molar-refractivity contribution in [3.05, 3.63) is 35.6 Å². The lowest BCUT2D eigenvalue weighted by Crippen LogP contribution is -2.44. The highest BCUT2D eigenvalue weighted by molar-refractivity contribution is 5.86. The summed E-state index contributed by atoms with van der Waals surface area (Å²) in [5, 5.41) is 3.00. The van der Waals surface area contributed by atoms with Gasteiger partial charge in [-0.05, 0) is 49.3 Å². The molecule has 3 rings (SSSR count). The molecule has 142 valence electrons. The van der Waals surface area contributed by atoms with Gasteiger partial charge in [0, 0.05) is 6.04 Å². The molecule has 0 radical (unpaired) electrons. The second-order valence-corrected chi connectivity index (χ2v) is 7.81. The van der Waals surface area contributed by atoms with E-state index in [0.29, 0.717) is 24.3 Å². The molecular formula is C21H28FNO3. The summed E-state index contributed by atoms with van der Waals surface area (Å²) in [5.74, 6) is -0.556. The molecule has 0 saturated heterocycles. The highest BCUT2D eigenvalue weighted by Crippen LogP contribution is 2.42. The van der Waals surface area contributed by atoms with E-state index in [4.69, 9.17) is 4.74 Å². The van der Waals surface area contributed by atoms with Gasteiger partial charge in [-0.25, -0.2) is 4.39 Å². The number of hydrogen-bond donors (Lipinski definition) is 1. The molecule has 0 aliphatic heterocycles. The molecule has 1 aromatic carbocycles.